The zero-order valence-electron chi connectivity index (χ0n) is 19.1. The lowest BCUT2D eigenvalue weighted by Gasteiger charge is -2.15. The molecule has 4 nitrogen and oxygen atoms in total. The Hall–Kier alpha value is -4.33. The van der Waals surface area contributed by atoms with Crippen molar-refractivity contribution in [3.05, 3.63) is 101 Å². The average Bonchev–Trinajstić information content (AvgIpc) is 3.17. The first-order valence-corrected chi connectivity index (χ1v) is 11.0. The monoisotopic (exact) mass is 492 g/mol. The maximum Gasteiger partial charge on any atom is 0.416 e. The van der Waals surface area contributed by atoms with Crippen LogP contribution in [-0.4, -0.2) is 17.6 Å². The fraction of sp³-hybridized carbons (Fsp3) is 0.107. The van der Waals surface area contributed by atoms with Gasteiger partial charge in [0.25, 0.3) is 0 Å². The van der Waals surface area contributed by atoms with Crippen LogP contribution in [-0.2, 0) is 12.7 Å². The van der Waals surface area contributed by atoms with E-state index >= 15 is 0 Å². The maximum atomic E-state index is 13.8. The van der Waals surface area contributed by atoms with E-state index < -0.39 is 23.5 Å². The van der Waals surface area contributed by atoms with E-state index in [1.165, 1.54) is 0 Å². The van der Waals surface area contributed by atoms with Crippen LogP contribution in [0.2, 0.25) is 0 Å². The molecule has 182 valence electrons. The summed E-state index contributed by atoms with van der Waals surface area (Å²) in [6.07, 6.45) is -4.73. The summed E-state index contributed by atoms with van der Waals surface area (Å²) in [5, 5.41) is 1.23. The van der Waals surface area contributed by atoms with Crippen molar-refractivity contribution in [3.63, 3.8) is 0 Å². The zero-order valence-corrected chi connectivity index (χ0v) is 19.1. The number of amides is 1. The van der Waals surface area contributed by atoms with Crippen molar-refractivity contribution in [2.75, 3.05) is 7.11 Å². The number of halogens is 4. The SMILES string of the molecule is COc1ccc(-c2ccc3c4c(C(N)=O)cccc4n(Cc4ccc(F)cc4C(F)(F)F)c3c2)cc1. The molecule has 0 saturated heterocycles. The highest BCUT2D eigenvalue weighted by Crippen LogP contribution is 2.37. The van der Waals surface area contributed by atoms with Crippen molar-refractivity contribution in [2.24, 2.45) is 5.73 Å². The molecule has 0 bridgehead atoms. The molecule has 0 unspecified atom stereocenters. The molecule has 0 radical (unpaired) electrons. The number of aromatic nitrogens is 1. The molecule has 8 heteroatoms. The molecule has 0 spiro atoms. The summed E-state index contributed by atoms with van der Waals surface area (Å²) in [6, 6.07) is 20.6. The topological polar surface area (TPSA) is 57.2 Å². The molecular formula is C28H20F4N2O2. The summed E-state index contributed by atoms with van der Waals surface area (Å²) in [4.78, 5) is 12.2. The predicted molar refractivity (Wildman–Crippen MR) is 130 cm³/mol. The molecule has 2 N–H and O–H groups in total. The molecule has 0 atom stereocenters. The summed E-state index contributed by atoms with van der Waals surface area (Å²) in [5.41, 5.74) is 7.62. The van der Waals surface area contributed by atoms with E-state index in [1.807, 2.05) is 42.5 Å². The molecule has 36 heavy (non-hydrogen) atoms. The molecule has 0 fully saturated rings. The minimum Gasteiger partial charge on any atom is -0.497 e. The van der Waals surface area contributed by atoms with Gasteiger partial charge >= 0.3 is 6.18 Å². The number of nitrogens with two attached hydrogens (primary N) is 1. The number of alkyl halides is 3. The van der Waals surface area contributed by atoms with Gasteiger partial charge in [0, 0.05) is 22.9 Å². The van der Waals surface area contributed by atoms with Crippen LogP contribution in [0.5, 0.6) is 5.75 Å². The van der Waals surface area contributed by atoms with E-state index in [0.29, 0.717) is 33.6 Å². The third-order valence-electron chi connectivity index (χ3n) is 6.29. The Morgan fingerprint density at radius 2 is 1.64 bits per heavy atom. The molecule has 5 rings (SSSR count). The molecule has 0 aliphatic carbocycles. The van der Waals surface area contributed by atoms with E-state index in [9.17, 15) is 22.4 Å². The molecule has 4 aromatic carbocycles. The maximum absolute atomic E-state index is 13.8. The molecule has 0 aliphatic heterocycles. The molecule has 1 aromatic heterocycles. The molecule has 1 heterocycles. The summed E-state index contributed by atoms with van der Waals surface area (Å²) < 4.78 is 61.9. The number of primary amides is 1. The Bertz CT molecular complexity index is 1620. The Morgan fingerprint density at radius 1 is 0.917 bits per heavy atom. The number of hydrogen-bond acceptors (Lipinski definition) is 2. The number of rotatable bonds is 5. The molecule has 1 amide bonds. The Labute approximate surface area is 203 Å². The third kappa shape index (κ3) is 4.04. The number of carbonyl (C=O) groups is 1. The van der Waals surface area contributed by atoms with Crippen LogP contribution in [0.1, 0.15) is 21.5 Å². The summed E-state index contributed by atoms with van der Waals surface area (Å²) >= 11 is 0. The molecular weight excluding hydrogens is 472 g/mol. The fourth-order valence-corrected chi connectivity index (χ4v) is 4.60. The molecule has 0 saturated carbocycles. The Balaban J connectivity index is 1.78. The van der Waals surface area contributed by atoms with Gasteiger partial charge in [-0.05, 0) is 59.2 Å². The zero-order chi connectivity index (χ0) is 25.6. The smallest absolute Gasteiger partial charge is 0.416 e. The van der Waals surface area contributed by atoms with Crippen LogP contribution in [0, 0.1) is 5.82 Å². The van der Waals surface area contributed by atoms with Gasteiger partial charge in [-0.1, -0.05) is 36.4 Å². The number of methoxy groups -OCH3 is 1. The number of hydrogen-bond donors (Lipinski definition) is 1. The first-order chi connectivity index (χ1) is 17.2. The second kappa shape index (κ2) is 8.71. The lowest BCUT2D eigenvalue weighted by molar-refractivity contribution is -0.138. The van der Waals surface area contributed by atoms with Crippen LogP contribution in [0.3, 0.4) is 0 Å². The third-order valence-corrected chi connectivity index (χ3v) is 6.29. The number of benzene rings is 4. The van der Waals surface area contributed by atoms with E-state index in [1.54, 1.807) is 29.9 Å². The predicted octanol–water partition coefficient (Wildman–Crippen LogP) is 6.78. The van der Waals surface area contributed by atoms with Crippen molar-refractivity contribution < 1.29 is 27.1 Å². The lowest BCUT2D eigenvalue weighted by atomic mass is 10.0. The van der Waals surface area contributed by atoms with E-state index in [4.69, 9.17) is 10.5 Å². The van der Waals surface area contributed by atoms with Gasteiger partial charge in [-0.3, -0.25) is 4.79 Å². The quantitative estimate of drug-likeness (QED) is 0.275. The van der Waals surface area contributed by atoms with Crippen LogP contribution in [0.25, 0.3) is 32.9 Å². The van der Waals surface area contributed by atoms with Gasteiger partial charge < -0.3 is 15.0 Å². The summed E-state index contributed by atoms with van der Waals surface area (Å²) in [6.45, 7) is -0.191. The second-order valence-electron chi connectivity index (χ2n) is 8.41. The Morgan fingerprint density at radius 3 is 2.31 bits per heavy atom. The average molecular weight is 492 g/mol. The highest BCUT2D eigenvalue weighted by atomic mass is 19.4. The minimum absolute atomic E-state index is 0.0953. The van der Waals surface area contributed by atoms with Crippen molar-refractivity contribution in [3.8, 4) is 16.9 Å². The highest BCUT2D eigenvalue weighted by molar-refractivity contribution is 6.18. The van der Waals surface area contributed by atoms with Gasteiger partial charge in [-0.2, -0.15) is 13.2 Å². The largest absolute Gasteiger partial charge is 0.497 e. The van der Waals surface area contributed by atoms with Gasteiger partial charge in [-0.25, -0.2) is 4.39 Å². The van der Waals surface area contributed by atoms with Gasteiger partial charge in [0.1, 0.15) is 11.6 Å². The van der Waals surface area contributed by atoms with E-state index in [-0.39, 0.29) is 17.7 Å². The van der Waals surface area contributed by atoms with Gasteiger partial charge in [-0.15, -0.1) is 0 Å². The van der Waals surface area contributed by atoms with E-state index in [2.05, 4.69) is 0 Å². The summed E-state index contributed by atoms with van der Waals surface area (Å²) in [5.74, 6) is -0.918. The molecule has 0 aliphatic rings. The van der Waals surface area contributed by atoms with Crippen molar-refractivity contribution in [1.29, 1.82) is 0 Å². The minimum atomic E-state index is -4.73. The number of nitrogens with zero attached hydrogens (tertiary/aromatic N) is 1. The lowest BCUT2D eigenvalue weighted by Crippen LogP contribution is -2.13. The fourth-order valence-electron chi connectivity index (χ4n) is 4.60. The summed E-state index contributed by atoms with van der Waals surface area (Å²) in [7, 11) is 1.57. The van der Waals surface area contributed by atoms with Crippen LogP contribution >= 0.6 is 0 Å². The second-order valence-corrected chi connectivity index (χ2v) is 8.41. The van der Waals surface area contributed by atoms with Crippen LogP contribution in [0.4, 0.5) is 17.6 Å². The number of carbonyl (C=O) groups excluding carboxylic acids is 1. The number of ether oxygens (including phenoxy) is 1. The van der Waals surface area contributed by atoms with Crippen molar-refractivity contribution >= 4 is 27.7 Å². The highest BCUT2D eigenvalue weighted by Gasteiger charge is 2.34. The van der Waals surface area contributed by atoms with Crippen molar-refractivity contribution in [2.45, 2.75) is 12.7 Å². The van der Waals surface area contributed by atoms with E-state index in [0.717, 1.165) is 23.3 Å². The first-order valence-electron chi connectivity index (χ1n) is 11.0. The van der Waals surface area contributed by atoms with Gasteiger partial charge in [0.2, 0.25) is 5.91 Å². The normalized spacial score (nSPS) is 11.8. The Kier molecular flexibility index (Phi) is 5.67. The van der Waals surface area contributed by atoms with Crippen LogP contribution in [0.15, 0.2) is 78.9 Å². The van der Waals surface area contributed by atoms with Crippen LogP contribution < -0.4 is 10.5 Å². The van der Waals surface area contributed by atoms with Crippen molar-refractivity contribution in [1.82, 2.24) is 4.57 Å². The standard InChI is InChI=1S/C28H20F4N2O2/c1-36-20-10-6-16(7-11-20)17-8-12-21-25(13-17)34(24-4-2-3-22(26(21)24)27(33)35)15-18-5-9-19(29)14-23(18)28(30,31)32/h2-14H,15H2,1H3,(H2,33,35). The number of fused-ring (bicyclic) bond motifs is 3. The first kappa shape index (κ1) is 23.4. The van der Waals surface area contributed by atoms with Gasteiger partial charge in [0.15, 0.2) is 0 Å². The molecule has 5 aromatic rings. The van der Waals surface area contributed by atoms with Gasteiger partial charge in [0.05, 0.1) is 23.7 Å².